The average molecular weight is 356 g/mol. The first-order valence-corrected chi connectivity index (χ1v) is 7.91. The molecule has 1 fully saturated rings. The Labute approximate surface area is 132 Å². The Kier molecular flexibility index (Phi) is 4.35. The molecule has 2 aliphatic heterocycles. The van der Waals surface area contributed by atoms with Crippen LogP contribution in [0.15, 0.2) is 16.6 Å². The summed E-state index contributed by atoms with van der Waals surface area (Å²) in [5, 5.41) is 3.04. The molecule has 2 atom stereocenters. The largest absolute Gasteiger partial charge is 0.486 e. The van der Waals surface area contributed by atoms with Gasteiger partial charge in [-0.25, -0.2) is 0 Å². The molecule has 21 heavy (non-hydrogen) atoms. The number of ether oxygens (including phenoxy) is 3. The Balaban J connectivity index is 1.74. The van der Waals surface area contributed by atoms with Gasteiger partial charge in [-0.05, 0) is 31.0 Å². The van der Waals surface area contributed by atoms with Gasteiger partial charge in [-0.2, -0.15) is 0 Å². The number of nitrogens with one attached hydrogen (secondary N) is 1. The maximum absolute atomic E-state index is 12.2. The fourth-order valence-electron chi connectivity index (χ4n) is 2.56. The summed E-state index contributed by atoms with van der Waals surface area (Å²) in [5.41, 5.74) is 0.978. The van der Waals surface area contributed by atoms with Gasteiger partial charge in [0.1, 0.15) is 13.2 Å². The monoisotopic (exact) mass is 355 g/mol. The quantitative estimate of drug-likeness (QED) is 0.904. The second-order valence-electron chi connectivity index (χ2n) is 5.31. The van der Waals surface area contributed by atoms with Crippen LogP contribution in [0.5, 0.6) is 11.5 Å². The van der Waals surface area contributed by atoms with Gasteiger partial charge in [0, 0.05) is 11.1 Å². The molecule has 0 spiro atoms. The van der Waals surface area contributed by atoms with Crippen LogP contribution in [0.1, 0.15) is 24.9 Å². The predicted octanol–water partition coefficient (Wildman–Crippen LogP) is 2.43. The molecule has 0 bridgehead atoms. The number of hydrogen-bond acceptors (Lipinski definition) is 4. The minimum Gasteiger partial charge on any atom is -0.486 e. The number of benzene rings is 1. The van der Waals surface area contributed by atoms with Crippen molar-refractivity contribution in [1.29, 1.82) is 0 Å². The van der Waals surface area contributed by atoms with Crippen LogP contribution in [-0.2, 0) is 9.53 Å². The van der Waals surface area contributed by atoms with Crippen LogP contribution in [0.25, 0.3) is 0 Å². The van der Waals surface area contributed by atoms with Gasteiger partial charge in [-0.15, -0.1) is 0 Å². The first-order chi connectivity index (χ1) is 10.1. The van der Waals surface area contributed by atoms with Gasteiger partial charge in [-0.3, -0.25) is 4.79 Å². The van der Waals surface area contributed by atoms with Crippen molar-refractivity contribution in [3.63, 3.8) is 0 Å². The summed E-state index contributed by atoms with van der Waals surface area (Å²) in [6, 6.07) is 3.71. The molecule has 0 saturated carbocycles. The van der Waals surface area contributed by atoms with Crippen LogP contribution in [0.4, 0.5) is 0 Å². The van der Waals surface area contributed by atoms with Crippen molar-refractivity contribution < 1.29 is 19.0 Å². The molecule has 1 aromatic carbocycles. The second kappa shape index (κ2) is 6.23. The number of rotatable bonds is 3. The van der Waals surface area contributed by atoms with Crippen LogP contribution in [0.2, 0.25) is 0 Å². The summed E-state index contributed by atoms with van der Waals surface area (Å²) in [5.74, 6) is 1.47. The zero-order chi connectivity index (χ0) is 14.8. The van der Waals surface area contributed by atoms with Gasteiger partial charge < -0.3 is 19.5 Å². The molecule has 0 aromatic heterocycles. The van der Waals surface area contributed by atoms with Gasteiger partial charge >= 0.3 is 0 Å². The number of carbonyl (C=O) groups is 1. The first kappa shape index (κ1) is 14.7. The molecule has 6 heteroatoms. The standard InChI is InChI=1S/C15H18BrNO4/c1-9(17-15(18)10-2-3-19-8-10)11-6-13-14(7-12(11)16)21-5-4-20-13/h6-7,9-10H,2-5,8H2,1H3,(H,17,18). The lowest BCUT2D eigenvalue weighted by molar-refractivity contribution is -0.125. The molecule has 1 amide bonds. The van der Waals surface area contributed by atoms with Crippen LogP contribution in [-0.4, -0.2) is 32.3 Å². The molecule has 114 valence electrons. The summed E-state index contributed by atoms with van der Waals surface area (Å²) >= 11 is 3.54. The van der Waals surface area contributed by atoms with E-state index in [9.17, 15) is 4.79 Å². The summed E-state index contributed by atoms with van der Waals surface area (Å²) < 4.78 is 17.3. The van der Waals surface area contributed by atoms with E-state index >= 15 is 0 Å². The minimum atomic E-state index is -0.108. The van der Waals surface area contributed by atoms with E-state index in [0.29, 0.717) is 26.4 Å². The Hall–Kier alpha value is -1.27. The van der Waals surface area contributed by atoms with E-state index < -0.39 is 0 Å². The summed E-state index contributed by atoms with van der Waals surface area (Å²) in [7, 11) is 0. The molecule has 2 aliphatic rings. The molecule has 3 rings (SSSR count). The highest BCUT2D eigenvalue weighted by molar-refractivity contribution is 9.10. The van der Waals surface area contributed by atoms with E-state index in [1.54, 1.807) is 0 Å². The summed E-state index contributed by atoms with van der Waals surface area (Å²) in [4.78, 5) is 12.2. The lowest BCUT2D eigenvalue weighted by atomic mass is 10.0. The normalized spacial score (nSPS) is 21.9. The minimum absolute atomic E-state index is 0.0385. The number of fused-ring (bicyclic) bond motifs is 1. The molecule has 1 aromatic rings. The summed E-state index contributed by atoms with van der Waals surface area (Å²) in [6.07, 6.45) is 0.793. The van der Waals surface area contributed by atoms with E-state index in [4.69, 9.17) is 14.2 Å². The Morgan fingerprint density at radius 2 is 2.00 bits per heavy atom. The predicted molar refractivity (Wildman–Crippen MR) is 80.6 cm³/mol. The highest BCUT2D eigenvalue weighted by Gasteiger charge is 2.26. The molecular formula is C15H18BrNO4. The van der Waals surface area contributed by atoms with Gasteiger partial charge in [0.2, 0.25) is 5.91 Å². The molecule has 2 heterocycles. The molecule has 0 aliphatic carbocycles. The van der Waals surface area contributed by atoms with Crippen LogP contribution in [0, 0.1) is 5.92 Å². The van der Waals surface area contributed by atoms with Crippen molar-refractivity contribution in [1.82, 2.24) is 5.32 Å². The fourth-order valence-corrected chi connectivity index (χ4v) is 3.23. The van der Waals surface area contributed by atoms with Gasteiger partial charge in [0.25, 0.3) is 0 Å². The highest BCUT2D eigenvalue weighted by Crippen LogP contribution is 2.37. The van der Waals surface area contributed by atoms with Crippen molar-refractivity contribution in [2.24, 2.45) is 5.92 Å². The zero-order valence-electron chi connectivity index (χ0n) is 11.9. The maximum atomic E-state index is 12.2. The SMILES string of the molecule is CC(NC(=O)C1CCOC1)c1cc2c(cc1Br)OCCO2. The van der Waals surface area contributed by atoms with E-state index in [-0.39, 0.29) is 17.9 Å². The van der Waals surface area contributed by atoms with E-state index in [1.807, 2.05) is 19.1 Å². The number of carbonyl (C=O) groups excluding carboxylic acids is 1. The van der Waals surface area contributed by atoms with Crippen LogP contribution >= 0.6 is 15.9 Å². The first-order valence-electron chi connectivity index (χ1n) is 7.12. The van der Waals surface area contributed by atoms with Gasteiger partial charge in [0.15, 0.2) is 11.5 Å². The van der Waals surface area contributed by atoms with E-state index in [2.05, 4.69) is 21.2 Å². The third-order valence-electron chi connectivity index (χ3n) is 3.79. The van der Waals surface area contributed by atoms with Crippen molar-refractivity contribution in [3.8, 4) is 11.5 Å². The van der Waals surface area contributed by atoms with Crippen molar-refractivity contribution in [3.05, 3.63) is 22.2 Å². The fraction of sp³-hybridized carbons (Fsp3) is 0.533. The zero-order valence-corrected chi connectivity index (χ0v) is 13.4. The topological polar surface area (TPSA) is 56.8 Å². The molecule has 1 saturated heterocycles. The van der Waals surface area contributed by atoms with Crippen molar-refractivity contribution >= 4 is 21.8 Å². The van der Waals surface area contributed by atoms with Gasteiger partial charge in [0.05, 0.1) is 18.6 Å². The highest BCUT2D eigenvalue weighted by atomic mass is 79.9. The number of hydrogen-bond donors (Lipinski definition) is 1. The molecule has 1 N–H and O–H groups in total. The number of amides is 1. The van der Waals surface area contributed by atoms with Crippen LogP contribution in [0.3, 0.4) is 0 Å². The van der Waals surface area contributed by atoms with Crippen molar-refractivity contribution in [2.75, 3.05) is 26.4 Å². The smallest absolute Gasteiger partial charge is 0.225 e. The molecule has 5 nitrogen and oxygen atoms in total. The maximum Gasteiger partial charge on any atom is 0.225 e. The van der Waals surface area contributed by atoms with Gasteiger partial charge in [-0.1, -0.05) is 15.9 Å². The third kappa shape index (κ3) is 3.16. The average Bonchev–Trinajstić information content (AvgIpc) is 3.00. The Morgan fingerprint density at radius 3 is 2.67 bits per heavy atom. The Bertz CT molecular complexity index is 543. The number of halogens is 1. The summed E-state index contributed by atoms with van der Waals surface area (Å²) in [6.45, 7) is 4.26. The lowest BCUT2D eigenvalue weighted by Crippen LogP contribution is -2.33. The molecular weight excluding hydrogens is 338 g/mol. The van der Waals surface area contributed by atoms with Crippen molar-refractivity contribution in [2.45, 2.75) is 19.4 Å². The molecule has 0 radical (unpaired) electrons. The second-order valence-corrected chi connectivity index (χ2v) is 6.16. The van der Waals surface area contributed by atoms with Crippen LogP contribution < -0.4 is 14.8 Å². The molecule has 2 unspecified atom stereocenters. The third-order valence-corrected chi connectivity index (χ3v) is 4.47. The van der Waals surface area contributed by atoms with E-state index in [0.717, 1.165) is 28.0 Å². The lowest BCUT2D eigenvalue weighted by Gasteiger charge is -2.23. The Morgan fingerprint density at radius 1 is 1.29 bits per heavy atom. The van der Waals surface area contributed by atoms with E-state index in [1.165, 1.54) is 0 Å².